The Morgan fingerprint density at radius 1 is 1.23 bits per heavy atom. The van der Waals surface area contributed by atoms with Gasteiger partial charge in [-0.1, -0.05) is 37.3 Å². The Morgan fingerprint density at radius 2 is 2.05 bits per heavy atom. The van der Waals surface area contributed by atoms with Crippen LogP contribution in [-0.4, -0.2) is 15.1 Å². The number of imidazole rings is 1. The molecule has 0 amide bonds. The van der Waals surface area contributed by atoms with Crippen molar-refractivity contribution >= 4 is 34.1 Å². The minimum atomic E-state index is 0.204. The zero-order chi connectivity index (χ0) is 15.4. The molecule has 0 saturated heterocycles. The van der Waals surface area contributed by atoms with Gasteiger partial charge in [0.25, 0.3) is 0 Å². The number of anilines is 1. The predicted octanol–water partition coefficient (Wildman–Crippen LogP) is 4.00. The number of aromatic nitrogens is 2. The summed E-state index contributed by atoms with van der Waals surface area (Å²) >= 11 is 5.43. The molecule has 0 fully saturated rings. The number of thiocarbonyl (C=S) groups is 1. The minimum Gasteiger partial charge on any atom is -0.356 e. The standard InChI is InChI=1S/C17H18N4S/c1-2-14(12-6-4-3-5-7-12)21-17(22)20-13-8-9-15-16(10-13)19-11-18-15/h3-11,14H,2H2,1H3,(H,18,19)(H2,20,21,22)/t14-/m0/s1. The second-order valence-corrected chi connectivity index (χ2v) is 5.51. The number of rotatable bonds is 4. The summed E-state index contributed by atoms with van der Waals surface area (Å²) in [7, 11) is 0. The van der Waals surface area contributed by atoms with Crippen molar-refractivity contribution in [2.24, 2.45) is 0 Å². The van der Waals surface area contributed by atoms with Crippen LogP contribution in [0.3, 0.4) is 0 Å². The van der Waals surface area contributed by atoms with E-state index in [0.717, 1.165) is 23.1 Å². The van der Waals surface area contributed by atoms with E-state index in [2.05, 4.69) is 39.7 Å². The fourth-order valence-electron chi connectivity index (χ4n) is 2.44. The molecule has 0 aliphatic rings. The maximum absolute atomic E-state index is 5.43. The fourth-order valence-corrected chi connectivity index (χ4v) is 2.70. The van der Waals surface area contributed by atoms with E-state index in [0.29, 0.717) is 5.11 Å². The predicted molar refractivity (Wildman–Crippen MR) is 94.9 cm³/mol. The van der Waals surface area contributed by atoms with Crippen molar-refractivity contribution in [2.75, 3.05) is 5.32 Å². The van der Waals surface area contributed by atoms with Crippen LogP contribution < -0.4 is 10.6 Å². The van der Waals surface area contributed by atoms with Gasteiger partial charge in [-0.05, 0) is 42.4 Å². The maximum Gasteiger partial charge on any atom is 0.171 e. The molecule has 3 rings (SSSR count). The van der Waals surface area contributed by atoms with Gasteiger partial charge in [0.05, 0.1) is 23.4 Å². The number of fused-ring (bicyclic) bond motifs is 1. The highest BCUT2D eigenvalue weighted by atomic mass is 32.1. The second-order valence-electron chi connectivity index (χ2n) is 5.10. The summed E-state index contributed by atoms with van der Waals surface area (Å²) in [5.74, 6) is 0. The molecular formula is C17H18N4S. The monoisotopic (exact) mass is 310 g/mol. The van der Waals surface area contributed by atoms with E-state index in [-0.39, 0.29) is 6.04 Å². The Kier molecular flexibility index (Phi) is 4.34. The Bertz CT molecular complexity index is 766. The lowest BCUT2D eigenvalue weighted by molar-refractivity contribution is 0.629. The van der Waals surface area contributed by atoms with E-state index in [1.54, 1.807) is 6.33 Å². The van der Waals surface area contributed by atoms with E-state index >= 15 is 0 Å². The van der Waals surface area contributed by atoms with Gasteiger partial charge in [-0.15, -0.1) is 0 Å². The van der Waals surface area contributed by atoms with Crippen LogP contribution in [-0.2, 0) is 0 Å². The molecular weight excluding hydrogens is 292 g/mol. The molecule has 1 aromatic heterocycles. The largest absolute Gasteiger partial charge is 0.356 e. The smallest absolute Gasteiger partial charge is 0.171 e. The van der Waals surface area contributed by atoms with Crippen molar-refractivity contribution in [1.29, 1.82) is 0 Å². The Balaban J connectivity index is 1.68. The second kappa shape index (κ2) is 6.58. The summed E-state index contributed by atoms with van der Waals surface area (Å²) in [4.78, 5) is 7.33. The average Bonchev–Trinajstić information content (AvgIpc) is 3.01. The molecule has 4 nitrogen and oxygen atoms in total. The fraction of sp³-hybridized carbons (Fsp3) is 0.176. The van der Waals surface area contributed by atoms with Gasteiger partial charge < -0.3 is 15.6 Å². The topological polar surface area (TPSA) is 52.7 Å². The van der Waals surface area contributed by atoms with Gasteiger partial charge in [0, 0.05) is 5.69 Å². The third-order valence-electron chi connectivity index (χ3n) is 3.59. The molecule has 22 heavy (non-hydrogen) atoms. The Morgan fingerprint density at radius 3 is 2.82 bits per heavy atom. The Hall–Kier alpha value is -2.40. The third kappa shape index (κ3) is 3.26. The van der Waals surface area contributed by atoms with Crippen molar-refractivity contribution < 1.29 is 0 Å². The highest BCUT2D eigenvalue weighted by Crippen LogP contribution is 2.18. The molecule has 1 atom stereocenters. The van der Waals surface area contributed by atoms with Crippen LogP contribution in [0.2, 0.25) is 0 Å². The van der Waals surface area contributed by atoms with Crippen LogP contribution in [0.25, 0.3) is 11.0 Å². The van der Waals surface area contributed by atoms with Gasteiger partial charge in [-0.2, -0.15) is 0 Å². The van der Waals surface area contributed by atoms with Crippen LogP contribution >= 0.6 is 12.2 Å². The van der Waals surface area contributed by atoms with E-state index in [4.69, 9.17) is 12.2 Å². The normalized spacial score (nSPS) is 12.0. The summed E-state index contributed by atoms with van der Waals surface area (Å²) in [6, 6.07) is 16.5. The number of hydrogen-bond acceptors (Lipinski definition) is 2. The summed E-state index contributed by atoms with van der Waals surface area (Å²) in [5.41, 5.74) is 4.10. The summed E-state index contributed by atoms with van der Waals surface area (Å²) in [5, 5.41) is 7.21. The Labute approximate surface area is 135 Å². The maximum atomic E-state index is 5.43. The molecule has 5 heteroatoms. The number of nitrogens with one attached hydrogen (secondary N) is 3. The molecule has 0 radical (unpaired) electrons. The number of benzene rings is 2. The summed E-state index contributed by atoms with van der Waals surface area (Å²) in [6.07, 6.45) is 2.65. The van der Waals surface area contributed by atoms with E-state index in [9.17, 15) is 0 Å². The molecule has 0 aliphatic carbocycles. The zero-order valence-electron chi connectivity index (χ0n) is 12.3. The van der Waals surface area contributed by atoms with Gasteiger partial charge in [0.1, 0.15) is 0 Å². The molecule has 112 valence electrons. The first-order valence-corrected chi connectivity index (χ1v) is 7.72. The molecule has 0 aliphatic heterocycles. The quantitative estimate of drug-likeness (QED) is 0.638. The van der Waals surface area contributed by atoms with E-state index < -0.39 is 0 Å². The highest BCUT2D eigenvalue weighted by molar-refractivity contribution is 7.80. The van der Waals surface area contributed by atoms with Crippen LogP contribution in [0, 0.1) is 0 Å². The van der Waals surface area contributed by atoms with Gasteiger partial charge in [0.2, 0.25) is 0 Å². The van der Waals surface area contributed by atoms with E-state index in [1.165, 1.54) is 5.56 Å². The van der Waals surface area contributed by atoms with Crippen molar-refractivity contribution in [3.63, 3.8) is 0 Å². The molecule has 3 N–H and O–H groups in total. The lowest BCUT2D eigenvalue weighted by Gasteiger charge is -2.20. The first kappa shape index (κ1) is 14.5. The van der Waals surface area contributed by atoms with Crippen molar-refractivity contribution in [3.8, 4) is 0 Å². The van der Waals surface area contributed by atoms with Crippen LogP contribution in [0.15, 0.2) is 54.9 Å². The number of hydrogen-bond donors (Lipinski definition) is 3. The van der Waals surface area contributed by atoms with Gasteiger partial charge in [-0.3, -0.25) is 0 Å². The molecule has 0 unspecified atom stereocenters. The SMILES string of the molecule is CC[C@H](NC(=S)Nc1ccc2[nH]cnc2c1)c1ccccc1. The summed E-state index contributed by atoms with van der Waals surface area (Å²) in [6.45, 7) is 2.14. The lowest BCUT2D eigenvalue weighted by atomic mass is 10.1. The zero-order valence-corrected chi connectivity index (χ0v) is 13.2. The minimum absolute atomic E-state index is 0.204. The number of aromatic amines is 1. The van der Waals surface area contributed by atoms with Crippen LogP contribution in [0.5, 0.6) is 0 Å². The molecule has 1 heterocycles. The number of H-pyrrole nitrogens is 1. The highest BCUT2D eigenvalue weighted by Gasteiger charge is 2.10. The summed E-state index contributed by atoms with van der Waals surface area (Å²) < 4.78 is 0. The molecule has 2 aromatic carbocycles. The molecule has 3 aromatic rings. The third-order valence-corrected chi connectivity index (χ3v) is 3.81. The van der Waals surface area contributed by atoms with Crippen molar-refractivity contribution in [1.82, 2.24) is 15.3 Å². The average molecular weight is 310 g/mol. The first-order valence-electron chi connectivity index (χ1n) is 7.32. The van der Waals surface area contributed by atoms with Gasteiger partial charge in [-0.25, -0.2) is 4.98 Å². The van der Waals surface area contributed by atoms with Gasteiger partial charge >= 0.3 is 0 Å². The van der Waals surface area contributed by atoms with E-state index in [1.807, 2.05) is 36.4 Å². The molecule has 0 spiro atoms. The lowest BCUT2D eigenvalue weighted by Crippen LogP contribution is -2.32. The number of nitrogens with zero attached hydrogens (tertiary/aromatic N) is 1. The van der Waals surface area contributed by atoms with Crippen LogP contribution in [0.1, 0.15) is 24.9 Å². The van der Waals surface area contributed by atoms with Gasteiger partial charge in [0.15, 0.2) is 5.11 Å². The molecule has 0 bridgehead atoms. The first-order chi connectivity index (χ1) is 10.8. The van der Waals surface area contributed by atoms with Crippen molar-refractivity contribution in [2.45, 2.75) is 19.4 Å². The van der Waals surface area contributed by atoms with Crippen LogP contribution in [0.4, 0.5) is 5.69 Å². The molecule has 0 saturated carbocycles. The van der Waals surface area contributed by atoms with Crippen molar-refractivity contribution in [3.05, 3.63) is 60.4 Å².